The molecule has 0 saturated carbocycles. The third-order valence-corrected chi connectivity index (χ3v) is 1.51. The molecule has 0 heterocycles. The van der Waals surface area contributed by atoms with Crippen molar-refractivity contribution in [1.82, 2.24) is 0 Å². The van der Waals surface area contributed by atoms with Gasteiger partial charge in [0, 0.05) is 6.42 Å². The summed E-state index contributed by atoms with van der Waals surface area (Å²) < 4.78 is 0. The van der Waals surface area contributed by atoms with Crippen LogP contribution in [0.15, 0.2) is 0 Å². The highest BCUT2D eigenvalue weighted by atomic mass is 17.1. The molecular weight excluding hydrogens is 144 g/mol. The second-order valence-electron chi connectivity index (χ2n) is 3.10. The summed E-state index contributed by atoms with van der Waals surface area (Å²) in [5.41, 5.74) is 0. The Hall–Kier alpha value is -0.570. The summed E-state index contributed by atoms with van der Waals surface area (Å²) in [6, 6.07) is 0. The van der Waals surface area contributed by atoms with Gasteiger partial charge >= 0.3 is 5.97 Å². The Morgan fingerprint density at radius 1 is 1.45 bits per heavy atom. The Labute approximate surface area is 67.3 Å². The number of carbonyl (C=O) groups is 1. The predicted molar refractivity (Wildman–Crippen MR) is 42.0 cm³/mol. The highest BCUT2D eigenvalue weighted by Gasteiger charge is 2.01. The van der Waals surface area contributed by atoms with Crippen LogP contribution < -0.4 is 0 Å². The van der Waals surface area contributed by atoms with Gasteiger partial charge in [0.2, 0.25) is 0 Å². The smallest absolute Gasteiger partial charge is 0.301 e. The van der Waals surface area contributed by atoms with Crippen LogP contribution in [-0.4, -0.2) is 11.2 Å². The maximum atomic E-state index is 10.4. The first-order chi connectivity index (χ1) is 5.16. The zero-order valence-corrected chi connectivity index (χ0v) is 7.17. The number of carbonyl (C=O) groups excluding carboxylic acids is 1. The maximum absolute atomic E-state index is 10.4. The summed E-state index contributed by atoms with van der Waals surface area (Å²) >= 11 is 0. The lowest BCUT2D eigenvalue weighted by Crippen LogP contribution is -2.00. The molecular formula is C8H16O3. The number of hydrogen-bond donors (Lipinski definition) is 1. The van der Waals surface area contributed by atoms with E-state index in [2.05, 4.69) is 18.7 Å². The van der Waals surface area contributed by atoms with Gasteiger partial charge in [-0.15, -0.1) is 0 Å². The second-order valence-corrected chi connectivity index (χ2v) is 3.10. The molecule has 0 rings (SSSR count). The van der Waals surface area contributed by atoms with E-state index in [4.69, 9.17) is 5.26 Å². The Morgan fingerprint density at radius 2 is 2.09 bits per heavy atom. The van der Waals surface area contributed by atoms with Crippen LogP contribution >= 0.6 is 0 Å². The zero-order chi connectivity index (χ0) is 8.69. The van der Waals surface area contributed by atoms with Crippen molar-refractivity contribution >= 4 is 5.97 Å². The van der Waals surface area contributed by atoms with Crippen LogP contribution in [0, 0.1) is 5.92 Å². The molecule has 0 aromatic rings. The number of hydrogen-bond acceptors (Lipinski definition) is 3. The fourth-order valence-corrected chi connectivity index (χ4v) is 0.868. The van der Waals surface area contributed by atoms with Crippen LogP contribution in [0.2, 0.25) is 0 Å². The van der Waals surface area contributed by atoms with Gasteiger partial charge in [0.1, 0.15) is 0 Å². The highest BCUT2D eigenvalue weighted by molar-refractivity contribution is 5.68. The molecule has 3 heteroatoms. The number of rotatable bonds is 5. The minimum atomic E-state index is -0.534. The highest BCUT2D eigenvalue weighted by Crippen LogP contribution is 2.07. The molecule has 0 aromatic heterocycles. The van der Waals surface area contributed by atoms with Crippen molar-refractivity contribution in [3.8, 4) is 0 Å². The van der Waals surface area contributed by atoms with E-state index in [9.17, 15) is 4.79 Å². The fourth-order valence-electron chi connectivity index (χ4n) is 0.868. The van der Waals surface area contributed by atoms with Gasteiger partial charge < -0.3 is 4.89 Å². The van der Waals surface area contributed by atoms with Gasteiger partial charge in [0.15, 0.2) is 0 Å². The van der Waals surface area contributed by atoms with Gasteiger partial charge in [0.05, 0.1) is 0 Å². The summed E-state index contributed by atoms with van der Waals surface area (Å²) in [7, 11) is 0. The van der Waals surface area contributed by atoms with E-state index in [1.165, 1.54) is 0 Å². The predicted octanol–water partition coefficient (Wildman–Crippen LogP) is 2.22. The normalized spacial score (nSPS) is 10.2. The first-order valence-corrected chi connectivity index (χ1v) is 4.01. The quantitative estimate of drug-likeness (QED) is 0.381. The Morgan fingerprint density at radius 3 is 2.55 bits per heavy atom. The molecule has 66 valence electrons. The Bertz CT molecular complexity index is 110. The maximum Gasteiger partial charge on any atom is 0.342 e. The molecule has 3 nitrogen and oxygen atoms in total. The van der Waals surface area contributed by atoms with Gasteiger partial charge in [-0.1, -0.05) is 26.7 Å². The molecule has 0 aliphatic carbocycles. The molecule has 0 atom stereocenters. The topological polar surface area (TPSA) is 46.5 Å². The molecule has 0 aliphatic heterocycles. The van der Waals surface area contributed by atoms with Crippen LogP contribution in [0.1, 0.15) is 39.5 Å². The van der Waals surface area contributed by atoms with Crippen molar-refractivity contribution in [2.24, 2.45) is 5.92 Å². The van der Waals surface area contributed by atoms with Crippen LogP contribution in [0.25, 0.3) is 0 Å². The molecule has 11 heavy (non-hydrogen) atoms. The lowest BCUT2D eigenvalue weighted by molar-refractivity contribution is -0.234. The molecule has 0 spiro atoms. The first kappa shape index (κ1) is 10.4. The van der Waals surface area contributed by atoms with E-state index < -0.39 is 5.97 Å². The standard InChI is InChI=1S/C8H16O3/c1-7(2)5-3-4-6-8(9)11-10/h7,10H,3-6H2,1-2H3. The van der Waals surface area contributed by atoms with Crippen LogP contribution in [0.5, 0.6) is 0 Å². The monoisotopic (exact) mass is 160 g/mol. The Balaban J connectivity index is 3.08. The van der Waals surface area contributed by atoms with E-state index in [-0.39, 0.29) is 0 Å². The van der Waals surface area contributed by atoms with Crippen molar-refractivity contribution in [3.63, 3.8) is 0 Å². The van der Waals surface area contributed by atoms with E-state index in [0.29, 0.717) is 12.3 Å². The zero-order valence-electron chi connectivity index (χ0n) is 7.17. The van der Waals surface area contributed by atoms with Gasteiger partial charge in [-0.2, -0.15) is 5.26 Å². The molecule has 0 saturated heterocycles. The summed E-state index contributed by atoms with van der Waals surface area (Å²) in [6.07, 6.45) is 3.27. The minimum absolute atomic E-state index is 0.323. The minimum Gasteiger partial charge on any atom is -0.301 e. The van der Waals surface area contributed by atoms with Gasteiger partial charge in [-0.3, -0.25) is 0 Å². The number of unbranched alkanes of at least 4 members (excludes halogenated alkanes) is 1. The molecule has 0 aliphatic rings. The first-order valence-electron chi connectivity index (χ1n) is 4.01. The third-order valence-electron chi connectivity index (χ3n) is 1.51. The second kappa shape index (κ2) is 6.16. The summed E-state index contributed by atoms with van der Waals surface area (Å²) in [6.45, 7) is 4.29. The van der Waals surface area contributed by atoms with Crippen molar-refractivity contribution in [3.05, 3.63) is 0 Å². The summed E-state index contributed by atoms with van der Waals surface area (Å²) in [5.74, 6) is 0.147. The van der Waals surface area contributed by atoms with E-state index in [0.717, 1.165) is 19.3 Å². The molecule has 0 bridgehead atoms. The van der Waals surface area contributed by atoms with Crippen molar-refractivity contribution in [1.29, 1.82) is 0 Å². The average molecular weight is 160 g/mol. The molecule has 0 amide bonds. The third kappa shape index (κ3) is 7.33. The Kier molecular flexibility index (Phi) is 5.84. The van der Waals surface area contributed by atoms with Gasteiger partial charge in [-0.05, 0) is 12.3 Å². The van der Waals surface area contributed by atoms with Gasteiger partial charge in [0.25, 0.3) is 0 Å². The van der Waals surface area contributed by atoms with Crippen LogP contribution in [0.4, 0.5) is 0 Å². The molecule has 0 fully saturated rings. The largest absolute Gasteiger partial charge is 0.342 e. The van der Waals surface area contributed by atoms with E-state index in [1.54, 1.807) is 0 Å². The summed E-state index contributed by atoms with van der Waals surface area (Å²) in [5, 5.41) is 7.89. The van der Waals surface area contributed by atoms with Crippen LogP contribution in [-0.2, 0) is 9.68 Å². The van der Waals surface area contributed by atoms with Crippen molar-refractivity contribution < 1.29 is 14.9 Å². The molecule has 1 N–H and O–H groups in total. The van der Waals surface area contributed by atoms with Gasteiger partial charge in [-0.25, -0.2) is 4.79 Å². The summed E-state index contributed by atoms with van der Waals surface area (Å²) in [4.78, 5) is 13.9. The SMILES string of the molecule is CC(C)CCCCC(=O)OO. The van der Waals surface area contributed by atoms with Crippen molar-refractivity contribution in [2.45, 2.75) is 39.5 Å². The lowest BCUT2D eigenvalue weighted by atomic mass is 10.1. The van der Waals surface area contributed by atoms with E-state index >= 15 is 0 Å². The fraction of sp³-hybridized carbons (Fsp3) is 0.875. The van der Waals surface area contributed by atoms with Crippen molar-refractivity contribution in [2.75, 3.05) is 0 Å². The van der Waals surface area contributed by atoms with E-state index in [1.807, 2.05) is 0 Å². The molecule has 0 radical (unpaired) electrons. The lowest BCUT2D eigenvalue weighted by Gasteiger charge is -2.01. The average Bonchev–Trinajstić information content (AvgIpc) is 1.97. The van der Waals surface area contributed by atoms with Crippen LogP contribution in [0.3, 0.4) is 0 Å². The molecule has 0 aromatic carbocycles. The molecule has 0 unspecified atom stereocenters.